The second kappa shape index (κ2) is 6.54. The lowest BCUT2D eigenvalue weighted by Crippen LogP contribution is -2.45. The van der Waals surface area contributed by atoms with Crippen molar-refractivity contribution in [2.75, 3.05) is 25.9 Å². The second-order valence-corrected chi connectivity index (χ2v) is 8.42. The largest absolute Gasteiger partial charge is 0.333 e. The molecule has 0 bridgehead atoms. The summed E-state index contributed by atoms with van der Waals surface area (Å²) in [4.78, 5) is 27.9. The van der Waals surface area contributed by atoms with Crippen LogP contribution in [0.25, 0.3) is 0 Å². The minimum absolute atomic E-state index is 0.00951. The Labute approximate surface area is 141 Å². The van der Waals surface area contributed by atoms with Crippen LogP contribution < -0.4 is 0 Å². The van der Waals surface area contributed by atoms with Crippen LogP contribution >= 0.6 is 0 Å². The van der Waals surface area contributed by atoms with E-state index in [1.54, 1.807) is 9.80 Å². The van der Waals surface area contributed by atoms with Crippen molar-refractivity contribution in [2.45, 2.75) is 43.0 Å². The van der Waals surface area contributed by atoms with Gasteiger partial charge in [0.25, 0.3) is 0 Å². The molecule has 9 heteroatoms. The molecule has 0 saturated carbocycles. The predicted octanol–water partition coefficient (Wildman–Crippen LogP) is 0.489. The molecule has 0 aliphatic carbocycles. The van der Waals surface area contributed by atoms with Gasteiger partial charge in [0.2, 0.25) is 11.8 Å². The summed E-state index contributed by atoms with van der Waals surface area (Å²) < 4.78 is 23.9. The van der Waals surface area contributed by atoms with Crippen LogP contribution in [0.2, 0.25) is 0 Å². The van der Waals surface area contributed by atoms with E-state index >= 15 is 0 Å². The van der Waals surface area contributed by atoms with Gasteiger partial charge in [-0.1, -0.05) is 0 Å². The fraction of sp³-hybridized carbons (Fsp3) is 0.667. The highest BCUT2D eigenvalue weighted by Crippen LogP contribution is 2.33. The first-order valence-corrected chi connectivity index (χ1v) is 10.1. The number of amides is 2. The van der Waals surface area contributed by atoms with Gasteiger partial charge in [-0.3, -0.25) is 14.7 Å². The Bertz CT molecular complexity index is 742. The van der Waals surface area contributed by atoms with Gasteiger partial charge in [-0.05, 0) is 25.7 Å². The second-order valence-electron chi connectivity index (χ2n) is 6.44. The van der Waals surface area contributed by atoms with Crippen molar-refractivity contribution in [3.8, 4) is 0 Å². The lowest BCUT2D eigenvalue weighted by atomic mass is 9.99. The summed E-state index contributed by atoms with van der Waals surface area (Å²) in [6, 6.07) is -0.337. The number of carbonyl (C=O) groups excluding carboxylic acids is 2. The van der Waals surface area contributed by atoms with E-state index in [9.17, 15) is 18.0 Å². The molecule has 2 aliphatic heterocycles. The van der Waals surface area contributed by atoms with Crippen molar-refractivity contribution < 1.29 is 18.0 Å². The molecule has 0 aromatic carbocycles. The third kappa shape index (κ3) is 3.31. The fourth-order valence-electron chi connectivity index (χ4n) is 3.47. The van der Waals surface area contributed by atoms with Crippen LogP contribution in [-0.4, -0.2) is 66.1 Å². The molecule has 2 saturated heterocycles. The summed E-state index contributed by atoms with van der Waals surface area (Å²) >= 11 is 0. The molecule has 1 N–H and O–H groups in total. The molecule has 8 nitrogen and oxygen atoms in total. The maximum Gasteiger partial charge on any atom is 0.242 e. The third-order valence-corrected chi connectivity index (χ3v) is 5.81. The van der Waals surface area contributed by atoms with Gasteiger partial charge in [0.1, 0.15) is 4.90 Å². The van der Waals surface area contributed by atoms with E-state index in [0.29, 0.717) is 31.6 Å². The normalized spacial score (nSPS) is 22.2. The number of likely N-dealkylation sites (tertiary alicyclic amines) is 2. The van der Waals surface area contributed by atoms with Crippen molar-refractivity contribution in [2.24, 2.45) is 0 Å². The average Bonchev–Trinajstić information content (AvgIpc) is 3.16. The van der Waals surface area contributed by atoms with Crippen LogP contribution in [0.15, 0.2) is 11.1 Å². The van der Waals surface area contributed by atoms with E-state index in [0.717, 1.165) is 25.5 Å². The Morgan fingerprint density at radius 3 is 2.79 bits per heavy atom. The molecule has 24 heavy (non-hydrogen) atoms. The molecule has 2 amide bonds. The van der Waals surface area contributed by atoms with Gasteiger partial charge in [-0.2, -0.15) is 5.10 Å². The van der Waals surface area contributed by atoms with Crippen LogP contribution in [0.5, 0.6) is 0 Å². The van der Waals surface area contributed by atoms with Crippen molar-refractivity contribution in [1.29, 1.82) is 0 Å². The molecule has 1 unspecified atom stereocenters. The number of piperidine rings is 1. The van der Waals surface area contributed by atoms with Crippen LogP contribution in [0.1, 0.15) is 43.8 Å². The highest BCUT2D eigenvalue weighted by atomic mass is 32.2. The molecular weight excluding hydrogens is 332 g/mol. The summed E-state index contributed by atoms with van der Waals surface area (Å²) in [7, 11) is -3.42. The lowest BCUT2D eigenvalue weighted by molar-refractivity contribution is -0.141. The quantitative estimate of drug-likeness (QED) is 0.847. The number of H-pyrrole nitrogens is 1. The molecule has 1 aromatic heterocycles. The Hall–Kier alpha value is -1.90. The van der Waals surface area contributed by atoms with Gasteiger partial charge in [0, 0.05) is 25.8 Å². The molecule has 132 valence electrons. The summed E-state index contributed by atoms with van der Waals surface area (Å²) in [5.41, 5.74) is 0.471. The highest BCUT2D eigenvalue weighted by Gasteiger charge is 2.34. The third-order valence-electron chi connectivity index (χ3n) is 4.69. The average molecular weight is 354 g/mol. The highest BCUT2D eigenvalue weighted by molar-refractivity contribution is 7.90. The molecule has 1 atom stereocenters. The van der Waals surface area contributed by atoms with Crippen LogP contribution in [-0.2, 0) is 19.4 Å². The number of carbonyl (C=O) groups is 2. The summed E-state index contributed by atoms with van der Waals surface area (Å²) in [6.45, 7) is 1.24. The van der Waals surface area contributed by atoms with E-state index < -0.39 is 9.84 Å². The van der Waals surface area contributed by atoms with E-state index in [4.69, 9.17) is 0 Å². The summed E-state index contributed by atoms with van der Waals surface area (Å²) in [6.07, 6.45) is 6.19. The first-order chi connectivity index (χ1) is 11.4. The monoisotopic (exact) mass is 354 g/mol. The number of aromatic nitrogens is 2. The van der Waals surface area contributed by atoms with Gasteiger partial charge < -0.3 is 9.80 Å². The molecule has 0 spiro atoms. The smallest absolute Gasteiger partial charge is 0.242 e. The SMILES string of the molecule is CS(=O)(=O)c1cn[nH]c1C1CCCCN1C(=O)CN1CCCC1=O. The molecule has 2 fully saturated rings. The zero-order valence-electron chi connectivity index (χ0n) is 13.7. The van der Waals surface area contributed by atoms with Gasteiger partial charge in [0.05, 0.1) is 24.5 Å². The number of aromatic amines is 1. The fourth-order valence-corrected chi connectivity index (χ4v) is 4.30. The molecule has 3 heterocycles. The molecule has 1 aromatic rings. The standard InChI is InChI=1S/C15H22N4O4S/c1-24(22,23)12-9-16-17-15(12)11-5-2-3-8-19(11)14(21)10-18-7-4-6-13(18)20/h9,11H,2-8,10H2,1H3,(H,16,17). The number of nitrogens with one attached hydrogen (secondary N) is 1. The molecular formula is C15H22N4O4S. The molecule has 2 aliphatic rings. The summed E-state index contributed by atoms with van der Waals surface area (Å²) in [5, 5.41) is 6.63. The van der Waals surface area contributed by atoms with E-state index in [1.165, 1.54) is 6.20 Å². The van der Waals surface area contributed by atoms with Gasteiger partial charge in [0.15, 0.2) is 9.84 Å². The van der Waals surface area contributed by atoms with Gasteiger partial charge in [-0.15, -0.1) is 0 Å². The van der Waals surface area contributed by atoms with Gasteiger partial charge in [-0.25, -0.2) is 8.42 Å². The maximum absolute atomic E-state index is 12.7. The van der Waals surface area contributed by atoms with Crippen molar-refractivity contribution in [1.82, 2.24) is 20.0 Å². The van der Waals surface area contributed by atoms with Gasteiger partial charge >= 0.3 is 0 Å². The van der Waals surface area contributed by atoms with Crippen LogP contribution in [0.3, 0.4) is 0 Å². The van der Waals surface area contributed by atoms with Crippen molar-refractivity contribution in [3.63, 3.8) is 0 Å². The number of hydrogen-bond acceptors (Lipinski definition) is 5. The lowest BCUT2D eigenvalue weighted by Gasteiger charge is -2.36. The minimum Gasteiger partial charge on any atom is -0.333 e. The predicted molar refractivity (Wildman–Crippen MR) is 85.8 cm³/mol. The first kappa shape index (κ1) is 16.9. The summed E-state index contributed by atoms with van der Waals surface area (Å²) in [5.74, 6) is -0.126. The first-order valence-electron chi connectivity index (χ1n) is 8.18. The number of sulfone groups is 1. The Morgan fingerprint density at radius 2 is 2.12 bits per heavy atom. The minimum atomic E-state index is -3.42. The maximum atomic E-state index is 12.7. The van der Waals surface area contributed by atoms with E-state index in [-0.39, 0.29) is 29.3 Å². The van der Waals surface area contributed by atoms with E-state index in [2.05, 4.69) is 10.2 Å². The van der Waals surface area contributed by atoms with Crippen molar-refractivity contribution >= 4 is 21.7 Å². The molecule has 3 rings (SSSR count). The zero-order valence-corrected chi connectivity index (χ0v) is 14.5. The Balaban J connectivity index is 1.82. The number of rotatable bonds is 4. The molecule has 0 radical (unpaired) electrons. The topological polar surface area (TPSA) is 103 Å². The number of nitrogens with zero attached hydrogens (tertiary/aromatic N) is 3. The Kier molecular flexibility index (Phi) is 4.62. The Morgan fingerprint density at radius 1 is 1.33 bits per heavy atom. The van der Waals surface area contributed by atoms with Crippen molar-refractivity contribution in [3.05, 3.63) is 11.9 Å². The zero-order chi connectivity index (χ0) is 17.3. The van der Waals surface area contributed by atoms with E-state index in [1.807, 2.05) is 0 Å². The van der Waals surface area contributed by atoms with Crippen LogP contribution in [0.4, 0.5) is 0 Å². The van der Waals surface area contributed by atoms with Crippen LogP contribution in [0, 0.1) is 0 Å². The number of hydrogen-bond donors (Lipinski definition) is 1.